The van der Waals surface area contributed by atoms with Gasteiger partial charge in [0.05, 0.1) is 5.69 Å². The summed E-state index contributed by atoms with van der Waals surface area (Å²) in [5.41, 5.74) is 7.16. The van der Waals surface area contributed by atoms with E-state index in [-0.39, 0.29) is 4.90 Å². The average molecular weight is 307 g/mol. The van der Waals surface area contributed by atoms with Crippen molar-refractivity contribution in [3.05, 3.63) is 48.3 Å². The Morgan fingerprint density at radius 3 is 2.48 bits per heavy atom. The van der Waals surface area contributed by atoms with Crippen LogP contribution >= 0.6 is 0 Å². The molecule has 0 saturated heterocycles. The Balaban J connectivity index is 2.40. The van der Waals surface area contributed by atoms with Gasteiger partial charge in [-0.1, -0.05) is 25.1 Å². The molecule has 1 heterocycles. The van der Waals surface area contributed by atoms with Crippen molar-refractivity contribution in [2.45, 2.75) is 31.3 Å². The van der Waals surface area contributed by atoms with E-state index in [4.69, 9.17) is 5.73 Å². The van der Waals surface area contributed by atoms with Gasteiger partial charge in [-0.15, -0.1) is 0 Å². The Morgan fingerprint density at radius 1 is 1.24 bits per heavy atom. The first kappa shape index (κ1) is 15.6. The zero-order valence-electron chi connectivity index (χ0n) is 12.4. The summed E-state index contributed by atoms with van der Waals surface area (Å²) in [4.78, 5) is 0.280. The van der Waals surface area contributed by atoms with E-state index in [0.29, 0.717) is 12.2 Å². The molecule has 2 N–H and O–H groups in total. The van der Waals surface area contributed by atoms with Gasteiger partial charge >= 0.3 is 0 Å². The number of sulfonamides is 1. The lowest BCUT2D eigenvalue weighted by Gasteiger charge is -2.18. The average Bonchev–Trinajstić information content (AvgIpc) is 2.91. The van der Waals surface area contributed by atoms with Crippen LogP contribution in [0.2, 0.25) is 0 Å². The summed E-state index contributed by atoms with van der Waals surface area (Å²) in [6.45, 7) is 3.13. The molecule has 0 spiro atoms. The van der Waals surface area contributed by atoms with Gasteiger partial charge in [0, 0.05) is 32.0 Å². The van der Waals surface area contributed by atoms with E-state index in [2.05, 4.69) is 0 Å². The Kier molecular flexibility index (Phi) is 4.69. The fourth-order valence-electron chi connectivity index (χ4n) is 2.22. The molecule has 0 radical (unpaired) electrons. The molecule has 1 aromatic carbocycles. The molecule has 0 aliphatic carbocycles. The molecule has 114 valence electrons. The molecule has 1 aromatic heterocycles. The van der Waals surface area contributed by atoms with E-state index >= 15 is 0 Å². The van der Waals surface area contributed by atoms with Gasteiger partial charge in [0.15, 0.2) is 0 Å². The van der Waals surface area contributed by atoms with Crippen LogP contribution in [0, 0.1) is 0 Å². The zero-order valence-corrected chi connectivity index (χ0v) is 13.2. The fraction of sp³-hybridized carbons (Fsp3) is 0.333. The topological polar surface area (TPSA) is 68.3 Å². The summed E-state index contributed by atoms with van der Waals surface area (Å²) in [7, 11) is -2.01. The third kappa shape index (κ3) is 3.11. The highest BCUT2D eigenvalue weighted by atomic mass is 32.2. The molecule has 2 rings (SSSR count). The van der Waals surface area contributed by atoms with Crippen LogP contribution in [0.25, 0.3) is 0 Å². The number of aromatic nitrogens is 1. The van der Waals surface area contributed by atoms with Crippen LogP contribution < -0.4 is 10.0 Å². The smallest absolute Gasteiger partial charge is 0.265 e. The van der Waals surface area contributed by atoms with Gasteiger partial charge in [0.25, 0.3) is 10.0 Å². The van der Waals surface area contributed by atoms with Crippen LogP contribution in [0.1, 0.15) is 19.0 Å². The van der Waals surface area contributed by atoms with Crippen LogP contribution in [0.4, 0.5) is 5.69 Å². The number of para-hydroxylation sites is 1. The Bertz CT molecular complexity index is 693. The van der Waals surface area contributed by atoms with Crippen molar-refractivity contribution >= 4 is 15.7 Å². The van der Waals surface area contributed by atoms with Gasteiger partial charge in [-0.2, -0.15) is 0 Å². The van der Waals surface area contributed by atoms with E-state index in [1.807, 2.05) is 29.7 Å². The maximum atomic E-state index is 12.7. The SMILES string of the molecule is CCCn1cc(S(=O)(=O)N(C)c2ccccc2)cc1CN. The standard InChI is InChI=1S/C15H21N3O2S/c1-3-9-18-12-15(10-14(18)11-16)21(19,20)17(2)13-7-5-4-6-8-13/h4-8,10,12H,3,9,11,16H2,1-2H3. The van der Waals surface area contributed by atoms with E-state index in [1.54, 1.807) is 31.4 Å². The van der Waals surface area contributed by atoms with Crippen molar-refractivity contribution in [3.63, 3.8) is 0 Å². The van der Waals surface area contributed by atoms with Crippen molar-refractivity contribution in [2.75, 3.05) is 11.4 Å². The van der Waals surface area contributed by atoms with Crippen molar-refractivity contribution in [1.29, 1.82) is 0 Å². The minimum absolute atomic E-state index is 0.280. The molecule has 5 nitrogen and oxygen atoms in total. The Hall–Kier alpha value is -1.79. The number of anilines is 1. The van der Waals surface area contributed by atoms with Crippen LogP contribution in [0.3, 0.4) is 0 Å². The molecule has 0 unspecified atom stereocenters. The molecule has 6 heteroatoms. The Morgan fingerprint density at radius 2 is 1.90 bits per heavy atom. The minimum Gasteiger partial charge on any atom is -0.349 e. The molecule has 0 amide bonds. The first-order valence-corrected chi connectivity index (χ1v) is 8.37. The molecule has 0 atom stereocenters. The summed E-state index contributed by atoms with van der Waals surface area (Å²) >= 11 is 0. The molecular formula is C15H21N3O2S. The zero-order chi connectivity index (χ0) is 15.5. The number of aryl methyl sites for hydroxylation is 1. The molecule has 0 bridgehead atoms. The highest BCUT2D eigenvalue weighted by Crippen LogP contribution is 2.23. The number of nitrogens with zero attached hydrogens (tertiary/aromatic N) is 2. The minimum atomic E-state index is -3.57. The maximum Gasteiger partial charge on any atom is 0.265 e. The highest BCUT2D eigenvalue weighted by molar-refractivity contribution is 7.92. The van der Waals surface area contributed by atoms with Crippen molar-refractivity contribution in [1.82, 2.24) is 4.57 Å². The number of rotatable bonds is 6. The van der Waals surface area contributed by atoms with Crippen LogP contribution in [-0.4, -0.2) is 20.0 Å². The van der Waals surface area contributed by atoms with E-state index in [0.717, 1.165) is 18.7 Å². The van der Waals surface area contributed by atoms with E-state index in [9.17, 15) is 8.42 Å². The van der Waals surface area contributed by atoms with Gasteiger partial charge in [0.1, 0.15) is 4.90 Å². The van der Waals surface area contributed by atoms with Gasteiger partial charge in [-0.3, -0.25) is 4.31 Å². The van der Waals surface area contributed by atoms with E-state index in [1.165, 1.54) is 4.31 Å². The first-order valence-electron chi connectivity index (χ1n) is 6.93. The lowest BCUT2D eigenvalue weighted by Crippen LogP contribution is -2.26. The van der Waals surface area contributed by atoms with Crippen molar-refractivity contribution in [2.24, 2.45) is 5.73 Å². The second-order valence-corrected chi connectivity index (χ2v) is 6.84. The van der Waals surface area contributed by atoms with Gasteiger partial charge in [-0.25, -0.2) is 8.42 Å². The number of nitrogens with two attached hydrogens (primary N) is 1. The molecule has 0 aliphatic heterocycles. The normalized spacial score (nSPS) is 11.6. The summed E-state index contributed by atoms with van der Waals surface area (Å²) in [6, 6.07) is 10.7. The maximum absolute atomic E-state index is 12.7. The summed E-state index contributed by atoms with van der Waals surface area (Å²) in [6.07, 6.45) is 2.59. The monoisotopic (exact) mass is 307 g/mol. The molecular weight excluding hydrogens is 286 g/mol. The predicted molar refractivity (Wildman–Crippen MR) is 84.6 cm³/mol. The highest BCUT2D eigenvalue weighted by Gasteiger charge is 2.23. The summed E-state index contributed by atoms with van der Waals surface area (Å²) < 4.78 is 28.6. The molecule has 0 aliphatic rings. The van der Waals surface area contributed by atoms with Crippen LogP contribution in [-0.2, 0) is 23.1 Å². The van der Waals surface area contributed by atoms with Gasteiger partial charge < -0.3 is 10.3 Å². The molecule has 0 fully saturated rings. The third-order valence-corrected chi connectivity index (χ3v) is 5.16. The van der Waals surface area contributed by atoms with Crippen LogP contribution in [0.15, 0.2) is 47.5 Å². The van der Waals surface area contributed by atoms with Gasteiger partial charge in [-0.05, 0) is 24.6 Å². The molecule has 2 aromatic rings. The number of hydrogen-bond donors (Lipinski definition) is 1. The quantitative estimate of drug-likeness (QED) is 0.889. The van der Waals surface area contributed by atoms with Crippen molar-refractivity contribution < 1.29 is 8.42 Å². The summed E-state index contributed by atoms with van der Waals surface area (Å²) in [5, 5.41) is 0. The van der Waals surface area contributed by atoms with Gasteiger partial charge in [0.2, 0.25) is 0 Å². The molecule has 0 saturated carbocycles. The predicted octanol–water partition coefficient (Wildman–Crippen LogP) is 2.18. The summed E-state index contributed by atoms with van der Waals surface area (Å²) in [5.74, 6) is 0. The third-order valence-electron chi connectivity index (χ3n) is 3.41. The fourth-order valence-corrected chi connectivity index (χ4v) is 3.48. The number of benzene rings is 1. The lowest BCUT2D eigenvalue weighted by molar-refractivity contribution is 0.593. The molecule has 21 heavy (non-hydrogen) atoms. The second kappa shape index (κ2) is 6.32. The van der Waals surface area contributed by atoms with E-state index < -0.39 is 10.0 Å². The lowest BCUT2D eigenvalue weighted by atomic mass is 10.3. The number of hydrogen-bond acceptors (Lipinski definition) is 3. The first-order chi connectivity index (χ1) is 10.0. The Labute approximate surface area is 126 Å². The second-order valence-electron chi connectivity index (χ2n) is 4.87. The van der Waals surface area contributed by atoms with Crippen LogP contribution in [0.5, 0.6) is 0 Å². The van der Waals surface area contributed by atoms with Crippen molar-refractivity contribution in [3.8, 4) is 0 Å². The largest absolute Gasteiger partial charge is 0.349 e.